The molecule has 0 unspecified atom stereocenters. The van der Waals surface area contributed by atoms with Gasteiger partial charge in [-0.3, -0.25) is 0 Å². The predicted octanol–water partition coefficient (Wildman–Crippen LogP) is 0.932. The summed E-state index contributed by atoms with van der Waals surface area (Å²) in [5.41, 5.74) is 0.390. The van der Waals surface area contributed by atoms with Gasteiger partial charge in [-0.25, -0.2) is 4.68 Å². The van der Waals surface area contributed by atoms with Crippen LogP contribution in [0.5, 0.6) is 0 Å². The van der Waals surface area contributed by atoms with Crippen LogP contribution < -0.4 is 0 Å². The normalized spacial score (nSPS) is 12.0. The minimum atomic E-state index is -0.407. The highest BCUT2D eigenvalue weighted by atomic mass is 16.5. The SMILES string of the molecule is CCCOCc1cn(C(C)(C)CO)nn1. The third-order valence-electron chi connectivity index (χ3n) is 2.15. The first-order chi connectivity index (χ1) is 7.10. The zero-order valence-electron chi connectivity index (χ0n) is 9.60. The van der Waals surface area contributed by atoms with E-state index in [9.17, 15) is 0 Å². The van der Waals surface area contributed by atoms with Gasteiger partial charge in [-0.1, -0.05) is 12.1 Å². The maximum Gasteiger partial charge on any atom is 0.108 e. The average Bonchev–Trinajstić information content (AvgIpc) is 2.68. The summed E-state index contributed by atoms with van der Waals surface area (Å²) in [5.74, 6) is 0. The van der Waals surface area contributed by atoms with Crippen molar-refractivity contribution in [1.29, 1.82) is 0 Å². The summed E-state index contributed by atoms with van der Waals surface area (Å²) >= 11 is 0. The van der Waals surface area contributed by atoms with Gasteiger partial charge in [0.1, 0.15) is 5.69 Å². The Bertz CT molecular complexity index is 297. The van der Waals surface area contributed by atoms with Gasteiger partial charge in [0.05, 0.1) is 24.9 Å². The molecule has 1 aromatic heterocycles. The fourth-order valence-electron chi connectivity index (χ4n) is 1.05. The first-order valence-corrected chi connectivity index (χ1v) is 5.20. The fourth-order valence-corrected chi connectivity index (χ4v) is 1.05. The maximum absolute atomic E-state index is 9.15. The van der Waals surface area contributed by atoms with Gasteiger partial charge < -0.3 is 9.84 Å². The molecule has 1 aromatic rings. The lowest BCUT2D eigenvalue weighted by Gasteiger charge is -2.20. The van der Waals surface area contributed by atoms with Crippen LogP contribution in [0.3, 0.4) is 0 Å². The summed E-state index contributed by atoms with van der Waals surface area (Å²) in [6, 6.07) is 0. The van der Waals surface area contributed by atoms with Crippen molar-refractivity contribution in [2.75, 3.05) is 13.2 Å². The van der Waals surface area contributed by atoms with Gasteiger partial charge in [0.15, 0.2) is 0 Å². The third kappa shape index (κ3) is 3.28. The number of nitrogens with zero attached hydrogens (tertiary/aromatic N) is 3. The lowest BCUT2D eigenvalue weighted by atomic mass is 10.1. The third-order valence-corrected chi connectivity index (χ3v) is 2.15. The first kappa shape index (κ1) is 12.1. The molecule has 0 aromatic carbocycles. The van der Waals surface area contributed by atoms with Crippen LogP contribution in [0.15, 0.2) is 6.20 Å². The molecule has 0 saturated heterocycles. The zero-order chi connectivity index (χ0) is 11.3. The molecule has 1 N–H and O–H groups in total. The van der Waals surface area contributed by atoms with Gasteiger partial charge in [-0.2, -0.15) is 0 Å². The van der Waals surface area contributed by atoms with Crippen LogP contribution in [0.1, 0.15) is 32.9 Å². The molecule has 0 spiro atoms. The Balaban J connectivity index is 2.56. The highest BCUT2D eigenvalue weighted by Gasteiger charge is 2.20. The van der Waals surface area contributed by atoms with Crippen molar-refractivity contribution in [3.05, 3.63) is 11.9 Å². The quantitative estimate of drug-likeness (QED) is 0.714. The second kappa shape index (κ2) is 5.23. The number of rotatable bonds is 6. The average molecular weight is 213 g/mol. The molecule has 0 aliphatic rings. The summed E-state index contributed by atoms with van der Waals surface area (Å²) in [6.07, 6.45) is 2.81. The zero-order valence-corrected chi connectivity index (χ0v) is 9.60. The summed E-state index contributed by atoms with van der Waals surface area (Å²) in [4.78, 5) is 0. The molecule has 15 heavy (non-hydrogen) atoms. The molecular weight excluding hydrogens is 194 g/mol. The van der Waals surface area contributed by atoms with Crippen LogP contribution in [0.2, 0.25) is 0 Å². The van der Waals surface area contributed by atoms with E-state index < -0.39 is 5.54 Å². The van der Waals surface area contributed by atoms with Crippen LogP contribution in [0, 0.1) is 0 Å². The van der Waals surface area contributed by atoms with Crippen molar-refractivity contribution in [3.8, 4) is 0 Å². The van der Waals surface area contributed by atoms with Crippen LogP contribution in [0.4, 0.5) is 0 Å². The van der Waals surface area contributed by atoms with Crippen molar-refractivity contribution >= 4 is 0 Å². The topological polar surface area (TPSA) is 60.2 Å². The molecule has 5 heteroatoms. The van der Waals surface area contributed by atoms with E-state index in [4.69, 9.17) is 9.84 Å². The monoisotopic (exact) mass is 213 g/mol. The van der Waals surface area contributed by atoms with E-state index in [0.29, 0.717) is 6.61 Å². The fraction of sp³-hybridized carbons (Fsp3) is 0.800. The number of hydrogen-bond acceptors (Lipinski definition) is 4. The lowest BCUT2D eigenvalue weighted by molar-refractivity contribution is 0.118. The predicted molar refractivity (Wildman–Crippen MR) is 56.4 cm³/mol. The molecule has 1 rings (SSSR count). The second-order valence-corrected chi connectivity index (χ2v) is 4.18. The summed E-state index contributed by atoms with van der Waals surface area (Å²) < 4.78 is 7.01. The van der Waals surface area contributed by atoms with Crippen molar-refractivity contribution in [2.24, 2.45) is 0 Å². The Labute approximate surface area is 90.1 Å². The van der Waals surface area contributed by atoms with E-state index in [1.165, 1.54) is 0 Å². The first-order valence-electron chi connectivity index (χ1n) is 5.20. The number of hydrogen-bond donors (Lipinski definition) is 1. The van der Waals surface area contributed by atoms with Crippen molar-refractivity contribution in [3.63, 3.8) is 0 Å². The van der Waals surface area contributed by atoms with Crippen molar-refractivity contribution in [1.82, 2.24) is 15.0 Å². The molecule has 0 aliphatic heterocycles. The Hall–Kier alpha value is -0.940. The van der Waals surface area contributed by atoms with Gasteiger partial charge in [0, 0.05) is 6.61 Å². The van der Waals surface area contributed by atoms with E-state index in [2.05, 4.69) is 17.2 Å². The largest absolute Gasteiger partial charge is 0.394 e. The van der Waals surface area contributed by atoms with E-state index in [-0.39, 0.29) is 6.61 Å². The minimum Gasteiger partial charge on any atom is -0.394 e. The Morgan fingerprint density at radius 3 is 2.87 bits per heavy atom. The van der Waals surface area contributed by atoms with Gasteiger partial charge in [-0.05, 0) is 20.3 Å². The molecule has 0 fully saturated rings. The molecular formula is C10H19N3O2. The van der Waals surface area contributed by atoms with E-state index in [1.807, 2.05) is 20.0 Å². The molecule has 1 heterocycles. The van der Waals surface area contributed by atoms with Gasteiger partial charge in [0.2, 0.25) is 0 Å². The highest BCUT2D eigenvalue weighted by molar-refractivity contribution is 4.93. The molecule has 0 saturated carbocycles. The summed E-state index contributed by atoms with van der Waals surface area (Å²) in [6.45, 7) is 7.11. The number of aliphatic hydroxyl groups is 1. The molecule has 0 atom stereocenters. The molecule has 0 aliphatic carbocycles. The summed E-state index contributed by atoms with van der Waals surface area (Å²) in [5, 5.41) is 17.1. The second-order valence-electron chi connectivity index (χ2n) is 4.18. The smallest absolute Gasteiger partial charge is 0.108 e. The van der Waals surface area contributed by atoms with Crippen LogP contribution in [-0.2, 0) is 16.9 Å². The van der Waals surface area contributed by atoms with Gasteiger partial charge >= 0.3 is 0 Å². The molecule has 0 radical (unpaired) electrons. The van der Waals surface area contributed by atoms with Crippen molar-refractivity contribution in [2.45, 2.75) is 39.3 Å². The molecule has 86 valence electrons. The number of aliphatic hydroxyl groups excluding tert-OH is 1. The minimum absolute atomic E-state index is 0.0334. The Morgan fingerprint density at radius 1 is 1.53 bits per heavy atom. The van der Waals surface area contributed by atoms with Gasteiger partial charge in [-0.15, -0.1) is 5.10 Å². The maximum atomic E-state index is 9.15. The Morgan fingerprint density at radius 2 is 2.27 bits per heavy atom. The molecule has 0 amide bonds. The van der Waals surface area contributed by atoms with E-state index in [1.54, 1.807) is 4.68 Å². The number of aromatic nitrogens is 3. The molecule has 5 nitrogen and oxygen atoms in total. The standard InChI is InChI=1S/C10H19N3O2/c1-4-5-15-7-9-6-13(12-11-9)10(2,3)8-14/h6,14H,4-5,7-8H2,1-3H3. The molecule has 0 bridgehead atoms. The van der Waals surface area contributed by atoms with Crippen LogP contribution in [0.25, 0.3) is 0 Å². The number of ether oxygens (including phenoxy) is 1. The van der Waals surface area contributed by atoms with E-state index >= 15 is 0 Å². The van der Waals surface area contributed by atoms with E-state index in [0.717, 1.165) is 18.7 Å². The van der Waals surface area contributed by atoms with Crippen molar-refractivity contribution < 1.29 is 9.84 Å². The van der Waals surface area contributed by atoms with Gasteiger partial charge in [0.25, 0.3) is 0 Å². The highest BCUT2D eigenvalue weighted by Crippen LogP contribution is 2.12. The lowest BCUT2D eigenvalue weighted by Crippen LogP contribution is -2.30. The van der Waals surface area contributed by atoms with Crippen LogP contribution >= 0.6 is 0 Å². The summed E-state index contributed by atoms with van der Waals surface area (Å²) in [7, 11) is 0. The van der Waals surface area contributed by atoms with Crippen LogP contribution in [-0.4, -0.2) is 33.3 Å². The Kier molecular flexibility index (Phi) is 4.23.